The number of anilines is 1. The number of ether oxygens (including phenoxy) is 1. The summed E-state index contributed by atoms with van der Waals surface area (Å²) in [5, 5.41) is 0. The van der Waals surface area contributed by atoms with Crippen LogP contribution in [0.5, 0.6) is 0 Å². The molecule has 1 aliphatic rings. The van der Waals surface area contributed by atoms with Crippen LogP contribution in [-0.2, 0) is 14.3 Å². The lowest BCUT2D eigenvalue weighted by atomic mass is 9.73. The number of nitrogens with zero attached hydrogens (tertiary/aromatic N) is 1. The van der Waals surface area contributed by atoms with Crippen molar-refractivity contribution in [1.29, 1.82) is 0 Å². The van der Waals surface area contributed by atoms with Gasteiger partial charge in [0.15, 0.2) is 5.78 Å². The van der Waals surface area contributed by atoms with Crippen molar-refractivity contribution >= 4 is 23.0 Å². The Bertz CT molecular complexity index is 885. The fourth-order valence-electron chi connectivity index (χ4n) is 3.58. The molecule has 3 rings (SSSR count). The zero-order valence-electron chi connectivity index (χ0n) is 16.3. The molecule has 2 aromatic carbocycles. The minimum Gasteiger partial charge on any atom is -0.465 e. The summed E-state index contributed by atoms with van der Waals surface area (Å²) >= 11 is 0. The summed E-state index contributed by atoms with van der Waals surface area (Å²) in [5.74, 6) is -2.45. The van der Waals surface area contributed by atoms with Crippen molar-refractivity contribution in [3.63, 3.8) is 0 Å². The molecular weight excluding hydrogens is 357 g/mol. The SMILES string of the molecule is CCOC(=O)[C@H]1C(=O)C=C(c2ccc(N(C)C)cc2)C[C@@H]1c1ccc(F)cc1. The van der Waals surface area contributed by atoms with Crippen molar-refractivity contribution in [2.75, 3.05) is 25.6 Å². The first-order chi connectivity index (χ1) is 13.4. The summed E-state index contributed by atoms with van der Waals surface area (Å²) in [6.45, 7) is 1.92. The van der Waals surface area contributed by atoms with Gasteiger partial charge in [0, 0.05) is 25.7 Å². The van der Waals surface area contributed by atoms with Crippen LogP contribution in [0.3, 0.4) is 0 Å². The Morgan fingerprint density at radius 3 is 2.32 bits per heavy atom. The average molecular weight is 381 g/mol. The van der Waals surface area contributed by atoms with Crippen molar-refractivity contribution in [3.8, 4) is 0 Å². The van der Waals surface area contributed by atoms with Crippen LogP contribution in [0, 0.1) is 11.7 Å². The summed E-state index contributed by atoms with van der Waals surface area (Å²) < 4.78 is 18.5. The molecule has 0 radical (unpaired) electrons. The predicted molar refractivity (Wildman–Crippen MR) is 108 cm³/mol. The number of halogens is 1. The maximum atomic E-state index is 13.4. The smallest absolute Gasteiger partial charge is 0.317 e. The molecule has 2 aromatic rings. The molecule has 0 fully saturated rings. The second kappa shape index (κ2) is 8.38. The van der Waals surface area contributed by atoms with E-state index in [-0.39, 0.29) is 24.1 Å². The lowest BCUT2D eigenvalue weighted by molar-refractivity contribution is -0.151. The molecule has 28 heavy (non-hydrogen) atoms. The highest BCUT2D eigenvalue weighted by Gasteiger charge is 2.39. The van der Waals surface area contributed by atoms with Crippen LogP contribution >= 0.6 is 0 Å². The van der Waals surface area contributed by atoms with Crippen LogP contribution in [0.2, 0.25) is 0 Å². The van der Waals surface area contributed by atoms with Crippen LogP contribution < -0.4 is 4.90 Å². The molecule has 0 aromatic heterocycles. The van der Waals surface area contributed by atoms with Gasteiger partial charge in [-0.1, -0.05) is 24.3 Å². The number of benzene rings is 2. The lowest BCUT2D eigenvalue weighted by Gasteiger charge is -2.29. The highest BCUT2D eigenvalue weighted by molar-refractivity contribution is 6.10. The van der Waals surface area contributed by atoms with Gasteiger partial charge in [0.05, 0.1) is 6.61 Å². The lowest BCUT2D eigenvalue weighted by Crippen LogP contribution is -2.34. The Morgan fingerprint density at radius 2 is 1.75 bits per heavy atom. The summed E-state index contributed by atoms with van der Waals surface area (Å²) in [7, 11) is 3.93. The molecule has 0 saturated heterocycles. The number of hydrogen-bond donors (Lipinski definition) is 0. The van der Waals surface area contributed by atoms with E-state index >= 15 is 0 Å². The van der Waals surface area contributed by atoms with Gasteiger partial charge in [0.25, 0.3) is 0 Å². The Kier molecular flexibility index (Phi) is 5.93. The van der Waals surface area contributed by atoms with Gasteiger partial charge in [0.1, 0.15) is 11.7 Å². The number of rotatable bonds is 5. The Balaban J connectivity index is 1.98. The first-order valence-electron chi connectivity index (χ1n) is 9.35. The molecule has 0 saturated carbocycles. The summed E-state index contributed by atoms with van der Waals surface area (Å²) in [5.41, 5.74) is 3.62. The van der Waals surface area contributed by atoms with E-state index in [9.17, 15) is 14.0 Å². The van der Waals surface area contributed by atoms with Crippen molar-refractivity contribution in [2.24, 2.45) is 5.92 Å². The number of ketones is 1. The molecular formula is C23H24FNO3. The molecule has 4 nitrogen and oxygen atoms in total. The number of carbonyl (C=O) groups excluding carboxylic acids is 2. The van der Waals surface area contributed by atoms with E-state index in [1.54, 1.807) is 25.1 Å². The molecule has 146 valence electrons. The molecule has 1 aliphatic carbocycles. The first-order valence-corrected chi connectivity index (χ1v) is 9.35. The van der Waals surface area contributed by atoms with Gasteiger partial charge in [-0.3, -0.25) is 9.59 Å². The summed E-state index contributed by atoms with van der Waals surface area (Å²) in [6, 6.07) is 13.9. The molecule has 0 amide bonds. The normalized spacial score (nSPS) is 19.1. The van der Waals surface area contributed by atoms with Gasteiger partial charge in [-0.2, -0.15) is 0 Å². The summed E-state index contributed by atoms with van der Waals surface area (Å²) in [6.07, 6.45) is 2.05. The van der Waals surface area contributed by atoms with Crippen molar-refractivity contribution < 1.29 is 18.7 Å². The molecule has 0 heterocycles. The third-order valence-electron chi connectivity index (χ3n) is 5.06. The molecule has 0 spiro atoms. The Labute approximate surface area is 164 Å². The zero-order valence-corrected chi connectivity index (χ0v) is 16.3. The zero-order chi connectivity index (χ0) is 20.3. The maximum absolute atomic E-state index is 13.4. The van der Waals surface area contributed by atoms with Gasteiger partial charge >= 0.3 is 5.97 Å². The Morgan fingerprint density at radius 1 is 1.11 bits per heavy atom. The largest absolute Gasteiger partial charge is 0.465 e. The van der Waals surface area contributed by atoms with E-state index in [2.05, 4.69) is 0 Å². The minimum atomic E-state index is -0.907. The average Bonchev–Trinajstić information content (AvgIpc) is 2.68. The van der Waals surface area contributed by atoms with Gasteiger partial charge in [0.2, 0.25) is 0 Å². The molecule has 2 atom stereocenters. The van der Waals surface area contributed by atoms with E-state index < -0.39 is 11.9 Å². The number of hydrogen-bond acceptors (Lipinski definition) is 4. The van der Waals surface area contributed by atoms with Crippen LogP contribution in [0.4, 0.5) is 10.1 Å². The van der Waals surface area contributed by atoms with Gasteiger partial charge < -0.3 is 9.64 Å². The topological polar surface area (TPSA) is 46.6 Å². The molecule has 5 heteroatoms. The van der Waals surface area contributed by atoms with E-state index in [1.807, 2.05) is 43.3 Å². The predicted octanol–water partition coefficient (Wildman–Crippen LogP) is 4.21. The van der Waals surface area contributed by atoms with Crippen LogP contribution in [0.25, 0.3) is 5.57 Å². The molecule has 0 bridgehead atoms. The van der Waals surface area contributed by atoms with E-state index in [0.29, 0.717) is 6.42 Å². The van der Waals surface area contributed by atoms with Crippen LogP contribution in [-0.4, -0.2) is 32.5 Å². The number of esters is 1. The van der Waals surface area contributed by atoms with Gasteiger partial charge in [-0.05, 0) is 60.4 Å². The first kappa shape index (κ1) is 19.8. The van der Waals surface area contributed by atoms with E-state index in [1.165, 1.54) is 12.1 Å². The third kappa shape index (κ3) is 4.14. The number of carbonyl (C=O) groups is 2. The Hall–Kier alpha value is -2.95. The summed E-state index contributed by atoms with van der Waals surface area (Å²) in [4.78, 5) is 27.3. The highest BCUT2D eigenvalue weighted by Crippen LogP contribution is 2.40. The van der Waals surface area contributed by atoms with E-state index in [4.69, 9.17) is 4.74 Å². The fourth-order valence-corrected chi connectivity index (χ4v) is 3.58. The second-order valence-corrected chi connectivity index (χ2v) is 7.11. The maximum Gasteiger partial charge on any atom is 0.317 e. The van der Waals surface area contributed by atoms with Crippen LogP contribution in [0.1, 0.15) is 30.4 Å². The van der Waals surface area contributed by atoms with Crippen LogP contribution in [0.15, 0.2) is 54.6 Å². The van der Waals surface area contributed by atoms with Crippen molar-refractivity contribution in [2.45, 2.75) is 19.3 Å². The monoisotopic (exact) mass is 381 g/mol. The third-order valence-corrected chi connectivity index (χ3v) is 5.06. The van der Waals surface area contributed by atoms with Crippen molar-refractivity contribution in [3.05, 3.63) is 71.6 Å². The minimum absolute atomic E-state index is 0.210. The quantitative estimate of drug-likeness (QED) is 0.575. The highest BCUT2D eigenvalue weighted by atomic mass is 19.1. The number of allylic oxidation sites excluding steroid dienone is 2. The van der Waals surface area contributed by atoms with Crippen molar-refractivity contribution in [1.82, 2.24) is 0 Å². The van der Waals surface area contributed by atoms with Gasteiger partial charge in [-0.15, -0.1) is 0 Å². The second-order valence-electron chi connectivity index (χ2n) is 7.11. The molecule has 0 N–H and O–H groups in total. The molecule has 0 aliphatic heterocycles. The standard InChI is InChI=1S/C23H24FNO3/c1-4-28-23(27)22-20(16-5-9-18(24)10-6-16)13-17(14-21(22)26)15-7-11-19(12-8-15)25(2)3/h5-12,14,20,22H,4,13H2,1-3H3/t20-,22-/m1/s1. The van der Waals surface area contributed by atoms with Gasteiger partial charge in [-0.25, -0.2) is 4.39 Å². The molecule has 0 unspecified atom stereocenters. The fraction of sp³-hybridized carbons (Fsp3) is 0.304. The van der Waals surface area contributed by atoms with E-state index in [0.717, 1.165) is 22.4 Å².